The van der Waals surface area contributed by atoms with E-state index in [2.05, 4.69) is 0 Å². The minimum Gasteiger partial charge on any atom is -0.383 e. The molecule has 158 valence electrons. The van der Waals surface area contributed by atoms with Gasteiger partial charge in [-0.3, -0.25) is 19.3 Å². The summed E-state index contributed by atoms with van der Waals surface area (Å²) in [6.07, 6.45) is 3.36. The predicted molar refractivity (Wildman–Crippen MR) is 106 cm³/mol. The molecule has 0 saturated carbocycles. The molecule has 6 nitrogen and oxygen atoms in total. The lowest BCUT2D eigenvalue weighted by Crippen LogP contribution is -2.48. The van der Waals surface area contributed by atoms with Crippen LogP contribution in [0.3, 0.4) is 0 Å². The summed E-state index contributed by atoms with van der Waals surface area (Å²) in [5.41, 5.74) is -1.38. The highest BCUT2D eigenvalue weighted by Gasteiger charge is 2.55. The Bertz CT molecular complexity index is 784. The summed E-state index contributed by atoms with van der Waals surface area (Å²) in [6.45, 7) is 2.97. The lowest BCUT2D eigenvalue weighted by atomic mass is 9.75. The van der Waals surface area contributed by atoms with Crippen molar-refractivity contribution in [2.75, 3.05) is 26.8 Å². The molecule has 0 aromatic heterocycles. The van der Waals surface area contributed by atoms with Crippen LogP contribution in [0.1, 0.15) is 51.0 Å². The molecule has 0 aliphatic carbocycles. The van der Waals surface area contributed by atoms with E-state index in [-0.39, 0.29) is 43.5 Å². The molecule has 1 aromatic rings. The summed E-state index contributed by atoms with van der Waals surface area (Å²) in [4.78, 5) is 42.3. The van der Waals surface area contributed by atoms with Gasteiger partial charge in [0.1, 0.15) is 5.82 Å². The van der Waals surface area contributed by atoms with Gasteiger partial charge in [0.15, 0.2) is 0 Å². The van der Waals surface area contributed by atoms with Gasteiger partial charge in [-0.2, -0.15) is 0 Å². The normalized spacial score (nSPS) is 25.0. The lowest BCUT2D eigenvalue weighted by Gasteiger charge is -2.37. The zero-order valence-corrected chi connectivity index (χ0v) is 17.2. The third-order valence-electron chi connectivity index (χ3n) is 6.19. The fourth-order valence-electron chi connectivity index (χ4n) is 4.62. The number of piperidine rings is 1. The van der Waals surface area contributed by atoms with Gasteiger partial charge in [-0.1, -0.05) is 25.1 Å². The third-order valence-corrected chi connectivity index (χ3v) is 6.19. The van der Waals surface area contributed by atoms with Crippen LogP contribution in [0.2, 0.25) is 0 Å². The Morgan fingerprint density at radius 2 is 2.03 bits per heavy atom. The maximum atomic E-state index is 14.8. The van der Waals surface area contributed by atoms with Crippen molar-refractivity contribution in [3.63, 3.8) is 0 Å². The molecule has 0 spiro atoms. The van der Waals surface area contributed by atoms with E-state index in [1.165, 1.54) is 25.3 Å². The molecule has 29 heavy (non-hydrogen) atoms. The molecule has 0 bridgehead atoms. The molecule has 1 aromatic carbocycles. The van der Waals surface area contributed by atoms with E-state index in [1.54, 1.807) is 6.07 Å². The van der Waals surface area contributed by atoms with Gasteiger partial charge in [0.05, 0.1) is 18.6 Å². The van der Waals surface area contributed by atoms with Crippen molar-refractivity contribution in [2.24, 2.45) is 0 Å². The van der Waals surface area contributed by atoms with Crippen molar-refractivity contribution in [1.82, 2.24) is 9.80 Å². The molecule has 3 amide bonds. The Hall–Kier alpha value is -2.28. The van der Waals surface area contributed by atoms with Crippen molar-refractivity contribution in [3.05, 3.63) is 35.6 Å². The number of hydrogen-bond acceptors (Lipinski definition) is 4. The maximum Gasteiger partial charge on any atom is 0.241 e. The third kappa shape index (κ3) is 4.06. The number of methoxy groups -OCH3 is 1. The molecule has 0 radical (unpaired) electrons. The Kier molecular flexibility index (Phi) is 6.67. The molecule has 7 heteroatoms. The number of hydrogen-bond donors (Lipinski definition) is 0. The van der Waals surface area contributed by atoms with Gasteiger partial charge in [0, 0.05) is 38.1 Å². The van der Waals surface area contributed by atoms with Gasteiger partial charge in [0.2, 0.25) is 17.7 Å². The van der Waals surface area contributed by atoms with Crippen LogP contribution in [0.4, 0.5) is 4.39 Å². The standard InChI is InChI=1S/C22H29FN2O4/c1-3-16-8-6-7-11-24(16)19(26)14-22(17-9-4-5-10-18(17)23)15-20(27)25(21(22)28)12-13-29-2/h4-5,9-10,16H,3,6-8,11-15H2,1-2H3/t16-,22+/m0/s1. The first-order valence-corrected chi connectivity index (χ1v) is 10.3. The van der Waals surface area contributed by atoms with Crippen LogP contribution >= 0.6 is 0 Å². The SMILES string of the molecule is CC[C@H]1CCCCN1C(=O)C[C@]1(c2ccccc2F)CC(=O)N(CCOC)C1=O. The number of carbonyl (C=O) groups is 3. The molecule has 2 heterocycles. The number of carbonyl (C=O) groups excluding carboxylic acids is 3. The van der Waals surface area contributed by atoms with Crippen molar-refractivity contribution >= 4 is 17.7 Å². The molecule has 2 aliphatic heterocycles. The fraction of sp³-hybridized carbons (Fsp3) is 0.591. The van der Waals surface area contributed by atoms with E-state index < -0.39 is 23.0 Å². The summed E-state index contributed by atoms with van der Waals surface area (Å²) in [6, 6.07) is 6.09. The monoisotopic (exact) mass is 404 g/mol. The number of ether oxygens (including phenoxy) is 1. The summed E-state index contributed by atoms with van der Waals surface area (Å²) >= 11 is 0. The zero-order chi connectivity index (χ0) is 21.0. The molecule has 2 atom stereocenters. The van der Waals surface area contributed by atoms with Crippen LogP contribution < -0.4 is 0 Å². The predicted octanol–water partition coefficient (Wildman–Crippen LogP) is 2.65. The van der Waals surface area contributed by atoms with E-state index in [0.29, 0.717) is 6.54 Å². The van der Waals surface area contributed by atoms with Crippen LogP contribution in [0.15, 0.2) is 24.3 Å². The van der Waals surface area contributed by atoms with Crippen LogP contribution in [0.5, 0.6) is 0 Å². The van der Waals surface area contributed by atoms with E-state index in [1.807, 2.05) is 11.8 Å². The molecular formula is C22H29FN2O4. The average Bonchev–Trinajstić information content (AvgIpc) is 2.96. The largest absolute Gasteiger partial charge is 0.383 e. The highest BCUT2D eigenvalue weighted by Crippen LogP contribution is 2.42. The summed E-state index contributed by atoms with van der Waals surface area (Å²) in [7, 11) is 1.49. The van der Waals surface area contributed by atoms with Crippen molar-refractivity contribution in [1.29, 1.82) is 0 Å². The fourth-order valence-corrected chi connectivity index (χ4v) is 4.62. The Labute approximate surface area is 171 Å². The van der Waals surface area contributed by atoms with Crippen molar-refractivity contribution in [2.45, 2.75) is 56.9 Å². The van der Waals surface area contributed by atoms with Gasteiger partial charge < -0.3 is 9.64 Å². The Balaban J connectivity index is 1.97. The van der Waals surface area contributed by atoms with E-state index in [9.17, 15) is 18.8 Å². The second-order valence-corrected chi connectivity index (χ2v) is 7.90. The van der Waals surface area contributed by atoms with Crippen LogP contribution in [0, 0.1) is 5.82 Å². The molecular weight excluding hydrogens is 375 g/mol. The first-order valence-electron chi connectivity index (χ1n) is 10.3. The molecule has 0 N–H and O–H groups in total. The van der Waals surface area contributed by atoms with Gasteiger partial charge in [0.25, 0.3) is 0 Å². The van der Waals surface area contributed by atoms with Gasteiger partial charge in [-0.25, -0.2) is 4.39 Å². The second-order valence-electron chi connectivity index (χ2n) is 7.90. The molecule has 2 fully saturated rings. The molecule has 2 saturated heterocycles. The number of likely N-dealkylation sites (tertiary alicyclic amines) is 2. The topological polar surface area (TPSA) is 66.9 Å². The second kappa shape index (κ2) is 9.03. The van der Waals surface area contributed by atoms with E-state index >= 15 is 0 Å². The van der Waals surface area contributed by atoms with Gasteiger partial charge in [-0.15, -0.1) is 0 Å². The number of amides is 3. The number of halogens is 1. The quantitative estimate of drug-likeness (QED) is 0.656. The lowest BCUT2D eigenvalue weighted by molar-refractivity contribution is -0.144. The molecule has 3 rings (SSSR count). The molecule has 2 aliphatic rings. The average molecular weight is 404 g/mol. The van der Waals surface area contributed by atoms with Crippen LogP contribution in [-0.4, -0.2) is 60.4 Å². The number of nitrogens with zero attached hydrogens (tertiary/aromatic N) is 2. The van der Waals surface area contributed by atoms with Crippen LogP contribution in [-0.2, 0) is 24.5 Å². The Morgan fingerprint density at radius 1 is 1.28 bits per heavy atom. The summed E-state index contributed by atoms with van der Waals surface area (Å²) < 4.78 is 19.8. The van der Waals surface area contributed by atoms with Crippen LogP contribution in [0.25, 0.3) is 0 Å². The first kappa shape index (κ1) is 21.4. The van der Waals surface area contributed by atoms with Gasteiger partial charge in [-0.05, 0) is 31.7 Å². The number of rotatable bonds is 7. The molecule has 0 unspecified atom stereocenters. The van der Waals surface area contributed by atoms with E-state index in [0.717, 1.165) is 30.6 Å². The highest BCUT2D eigenvalue weighted by molar-refractivity contribution is 6.10. The summed E-state index contributed by atoms with van der Waals surface area (Å²) in [5, 5.41) is 0. The summed E-state index contributed by atoms with van der Waals surface area (Å²) in [5.74, 6) is -1.66. The number of benzene rings is 1. The van der Waals surface area contributed by atoms with E-state index in [4.69, 9.17) is 4.74 Å². The minimum atomic E-state index is -1.50. The maximum absolute atomic E-state index is 14.8. The smallest absolute Gasteiger partial charge is 0.241 e. The number of imide groups is 1. The minimum absolute atomic E-state index is 0.0971. The Morgan fingerprint density at radius 3 is 2.72 bits per heavy atom. The first-order chi connectivity index (χ1) is 13.9. The van der Waals surface area contributed by atoms with Crippen molar-refractivity contribution in [3.8, 4) is 0 Å². The zero-order valence-electron chi connectivity index (χ0n) is 17.2. The highest BCUT2D eigenvalue weighted by atomic mass is 19.1. The van der Waals surface area contributed by atoms with Crippen molar-refractivity contribution < 1.29 is 23.5 Å². The van der Waals surface area contributed by atoms with Gasteiger partial charge >= 0.3 is 0 Å².